The van der Waals surface area contributed by atoms with Gasteiger partial charge in [0.1, 0.15) is 0 Å². The zero-order valence-corrected chi connectivity index (χ0v) is 11.3. The molecule has 16 heavy (non-hydrogen) atoms. The van der Waals surface area contributed by atoms with Crippen LogP contribution < -0.4 is 5.73 Å². The Morgan fingerprint density at radius 3 is 2.38 bits per heavy atom. The summed E-state index contributed by atoms with van der Waals surface area (Å²) in [6.07, 6.45) is 10.4. The van der Waals surface area contributed by atoms with Gasteiger partial charge in [0, 0.05) is 13.2 Å². The van der Waals surface area contributed by atoms with Crippen LogP contribution >= 0.6 is 0 Å². The molecule has 0 bridgehead atoms. The first-order valence-electron chi connectivity index (χ1n) is 7.12. The Kier molecular flexibility index (Phi) is 12.9. The maximum absolute atomic E-state index is 5.67. The van der Waals surface area contributed by atoms with E-state index in [4.69, 9.17) is 10.5 Å². The lowest BCUT2D eigenvalue weighted by molar-refractivity contribution is 0.0910. The van der Waals surface area contributed by atoms with Gasteiger partial charge in [0.15, 0.2) is 0 Å². The van der Waals surface area contributed by atoms with Crippen LogP contribution in [-0.4, -0.2) is 19.8 Å². The lowest BCUT2D eigenvalue weighted by Crippen LogP contribution is -2.12. The van der Waals surface area contributed by atoms with Crippen molar-refractivity contribution in [3.05, 3.63) is 0 Å². The minimum atomic E-state index is 0.745. The van der Waals surface area contributed by atoms with E-state index in [1.807, 2.05) is 0 Å². The van der Waals surface area contributed by atoms with Crippen LogP contribution in [0.25, 0.3) is 0 Å². The molecule has 0 rings (SSSR count). The summed E-state index contributed by atoms with van der Waals surface area (Å²) in [5, 5.41) is 0. The van der Waals surface area contributed by atoms with Crippen molar-refractivity contribution in [2.45, 2.75) is 65.2 Å². The number of hydrogen-bond donors (Lipinski definition) is 1. The third-order valence-electron chi connectivity index (χ3n) is 3.01. The minimum absolute atomic E-state index is 0.745. The largest absolute Gasteiger partial charge is 0.381 e. The zero-order chi connectivity index (χ0) is 12.1. The van der Waals surface area contributed by atoms with E-state index in [-0.39, 0.29) is 0 Å². The molecule has 0 radical (unpaired) electrons. The second-order valence-corrected chi connectivity index (χ2v) is 4.72. The molecule has 0 aliphatic heterocycles. The van der Waals surface area contributed by atoms with Gasteiger partial charge in [-0.1, -0.05) is 46.0 Å². The third-order valence-corrected chi connectivity index (χ3v) is 3.01. The highest BCUT2D eigenvalue weighted by Gasteiger charge is 2.07. The Hall–Kier alpha value is -0.0800. The summed E-state index contributed by atoms with van der Waals surface area (Å²) < 4.78 is 5.67. The van der Waals surface area contributed by atoms with Crippen LogP contribution in [0.2, 0.25) is 0 Å². The van der Waals surface area contributed by atoms with E-state index in [0.29, 0.717) is 0 Å². The molecule has 0 aromatic rings. The van der Waals surface area contributed by atoms with Gasteiger partial charge in [-0.05, 0) is 31.7 Å². The van der Waals surface area contributed by atoms with Crippen molar-refractivity contribution in [2.75, 3.05) is 19.8 Å². The highest BCUT2D eigenvalue weighted by molar-refractivity contribution is 4.58. The van der Waals surface area contributed by atoms with Gasteiger partial charge in [0.05, 0.1) is 0 Å². The Labute approximate surface area is 102 Å². The molecule has 0 aliphatic carbocycles. The number of unbranched alkanes of at least 4 members (excludes halogenated alkanes) is 3. The summed E-state index contributed by atoms with van der Waals surface area (Å²) >= 11 is 0. The van der Waals surface area contributed by atoms with Crippen molar-refractivity contribution in [1.82, 2.24) is 0 Å². The lowest BCUT2D eigenvalue weighted by Gasteiger charge is -2.16. The molecule has 0 aromatic heterocycles. The van der Waals surface area contributed by atoms with Crippen molar-refractivity contribution >= 4 is 0 Å². The molecule has 0 heterocycles. The average molecular weight is 229 g/mol. The Bertz CT molecular complexity index is 116. The Morgan fingerprint density at radius 1 is 0.938 bits per heavy atom. The number of nitrogens with two attached hydrogens (primary N) is 1. The van der Waals surface area contributed by atoms with Gasteiger partial charge in [-0.15, -0.1) is 0 Å². The van der Waals surface area contributed by atoms with E-state index in [0.717, 1.165) is 32.1 Å². The monoisotopic (exact) mass is 229 g/mol. The van der Waals surface area contributed by atoms with Crippen LogP contribution in [0.3, 0.4) is 0 Å². The average Bonchev–Trinajstić information content (AvgIpc) is 2.30. The smallest absolute Gasteiger partial charge is 0.0494 e. The minimum Gasteiger partial charge on any atom is -0.381 e. The number of ether oxygens (including phenoxy) is 1. The van der Waals surface area contributed by atoms with Crippen LogP contribution in [0.1, 0.15) is 65.2 Å². The van der Waals surface area contributed by atoms with E-state index in [9.17, 15) is 0 Å². The molecule has 0 fully saturated rings. The van der Waals surface area contributed by atoms with Gasteiger partial charge in [0.2, 0.25) is 0 Å². The molecule has 98 valence electrons. The van der Waals surface area contributed by atoms with E-state index in [2.05, 4.69) is 13.8 Å². The van der Waals surface area contributed by atoms with Crippen molar-refractivity contribution in [3.8, 4) is 0 Å². The summed E-state index contributed by atoms with van der Waals surface area (Å²) in [5.74, 6) is 0.777. The van der Waals surface area contributed by atoms with Crippen molar-refractivity contribution < 1.29 is 4.74 Å². The summed E-state index contributed by atoms with van der Waals surface area (Å²) in [4.78, 5) is 0. The lowest BCUT2D eigenvalue weighted by atomic mass is 9.97. The zero-order valence-electron chi connectivity index (χ0n) is 11.3. The van der Waals surface area contributed by atoms with Crippen LogP contribution in [0.5, 0.6) is 0 Å². The van der Waals surface area contributed by atoms with Crippen molar-refractivity contribution in [1.29, 1.82) is 0 Å². The molecule has 0 amide bonds. The van der Waals surface area contributed by atoms with E-state index >= 15 is 0 Å². The quantitative estimate of drug-likeness (QED) is 0.517. The van der Waals surface area contributed by atoms with Crippen LogP contribution in [0, 0.1) is 5.92 Å². The second kappa shape index (κ2) is 13.0. The summed E-state index contributed by atoms with van der Waals surface area (Å²) in [6, 6.07) is 0. The van der Waals surface area contributed by atoms with E-state index in [1.165, 1.54) is 44.9 Å². The fraction of sp³-hybridized carbons (Fsp3) is 1.00. The van der Waals surface area contributed by atoms with Gasteiger partial charge in [-0.25, -0.2) is 0 Å². The normalized spacial score (nSPS) is 12.9. The molecule has 0 aliphatic rings. The SMILES string of the molecule is CCCCCCC(CCC)COCCCN. The molecule has 2 N–H and O–H groups in total. The van der Waals surface area contributed by atoms with Gasteiger partial charge in [-0.3, -0.25) is 0 Å². The first-order valence-corrected chi connectivity index (χ1v) is 7.12. The summed E-state index contributed by atoms with van der Waals surface area (Å²) in [5.41, 5.74) is 5.44. The molecule has 0 saturated carbocycles. The van der Waals surface area contributed by atoms with Crippen LogP contribution in [-0.2, 0) is 4.74 Å². The highest BCUT2D eigenvalue weighted by Crippen LogP contribution is 2.16. The molecule has 2 nitrogen and oxygen atoms in total. The number of rotatable bonds is 12. The van der Waals surface area contributed by atoms with Gasteiger partial charge in [0.25, 0.3) is 0 Å². The molecule has 0 spiro atoms. The first kappa shape index (κ1) is 15.9. The van der Waals surface area contributed by atoms with Crippen molar-refractivity contribution in [3.63, 3.8) is 0 Å². The van der Waals surface area contributed by atoms with Gasteiger partial charge < -0.3 is 10.5 Å². The Morgan fingerprint density at radius 2 is 1.75 bits per heavy atom. The van der Waals surface area contributed by atoms with Crippen LogP contribution in [0.4, 0.5) is 0 Å². The fourth-order valence-corrected chi connectivity index (χ4v) is 2.01. The predicted molar refractivity (Wildman–Crippen MR) is 71.6 cm³/mol. The number of hydrogen-bond acceptors (Lipinski definition) is 2. The maximum Gasteiger partial charge on any atom is 0.0494 e. The highest BCUT2D eigenvalue weighted by atomic mass is 16.5. The van der Waals surface area contributed by atoms with Crippen molar-refractivity contribution in [2.24, 2.45) is 11.7 Å². The van der Waals surface area contributed by atoms with Gasteiger partial charge in [-0.2, -0.15) is 0 Å². The molecule has 0 saturated heterocycles. The first-order chi connectivity index (χ1) is 7.85. The Balaban J connectivity index is 3.45. The van der Waals surface area contributed by atoms with Crippen LogP contribution in [0.15, 0.2) is 0 Å². The molecular formula is C14H31NO. The second-order valence-electron chi connectivity index (χ2n) is 4.72. The third kappa shape index (κ3) is 10.4. The van der Waals surface area contributed by atoms with Gasteiger partial charge >= 0.3 is 0 Å². The van der Waals surface area contributed by atoms with E-state index in [1.54, 1.807) is 0 Å². The maximum atomic E-state index is 5.67. The molecule has 0 aromatic carbocycles. The summed E-state index contributed by atoms with van der Waals surface area (Å²) in [6.45, 7) is 7.05. The standard InChI is InChI=1S/C14H31NO/c1-3-5-6-7-10-14(9-4-2)13-16-12-8-11-15/h14H,3-13,15H2,1-2H3. The predicted octanol–water partition coefficient (Wildman–Crippen LogP) is 3.74. The summed E-state index contributed by atoms with van der Waals surface area (Å²) in [7, 11) is 0. The fourth-order valence-electron chi connectivity index (χ4n) is 2.01. The molecule has 2 heteroatoms. The molecular weight excluding hydrogens is 198 g/mol. The topological polar surface area (TPSA) is 35.2 Å². The van der Waals surface area contributed by atoms with E-state index < -0.39 is 0 Å². The molecule has 1 atom stereocenters. The molecule has 1 unspecified atom stereocenters.